The van der Waals surface area contributed by atoms with E-state index >= 15 is 0 Å². The molecule has 2 N–H and O–H groups in total. The van der Waals surface area contributed by atoms with E-state index in [0.717, 1.165) is 12.1 Å². The van der Waals surface area contributed by atoms with Crippen LogP contribution in [-0.2, 0) is 16.0 Å². The highest BCUT2D eigenvalue weighted by atomic mass is 19.1. The second kappa shape index (κ2) is 6.08. The first kappa shape index (κ1) is 13.9. The molecule has 19 heavy (non-hydrogen) atoms. The van der Waals surface area contributed by atoms with E-state index in [4.69, 9.17) is 4.74 Å². The van der Waals surface area contributed by atoms with Crippen molar-refractivity contribution < 1.29 is 18.3 Å². The van der Waals surface area contributed by atoms with Crippen LogP contribution in [0.2, 0.25) is 0 Å². The number of ether oxygens (including phenoxy) is 1. The third-order valence-corrected chi connectivity index (χ3v) is 3.17. The molecule has 1 heterocycles. The zero-order valence-electron chi connectivity index (χ0n) is 10.6. The van der Waals surface area contributed by atoms with Gasteiger partial charge in [-0.3, -0.25) is 4.79 Å². The lowest BCUT2D eigenvalue weighted by molar-refractivity contribution is -0.121. The molecule has 1 amide bonds. The Bertz CT molecular complexity index is 468. The van der Waals surface area contributed by atoms with Gasteiger partial charge >= 0.3 is 0 Å². The van der Waals surface area contributed by atoms with Gasteiger partial charge in [0, 0.05) is 26.3 Å². The average Bonchev–Trinajstić information content (AvgIpc) is 2.80. The van der Waals surface area contributed by atoms with Crippen molar-refractivity contribution >= 4 is 5.91 Å². The number of nitrogens with one attached hydrogen (secondary N) is 2. The Morgan fingerprint density at radius 3 is 2.95 bits per heavy atom. The fourth-order valence-electron chi connectivity index (χ4n) is 2.14. The summed E-state index contributed by atoms with van der Waals surface area (Å²) < 4.78 is 31.4. The predicted molar refractivity (Wildman–Crippen MR) is 65.7 cm³/mol. The van der Waals surface area contributed by atoms with Crippen LogP contribution in [0.25, 0.3) is 0 Å². The zero-order valence-corrected chi connectivity index (χ0v) is 10.6. The molecule has 2 rings (SSSR count). The molecule has 0 aliphatic carbocycles. The number of carbonyl (C=O) groups excluding carboxylic acids is 1. The smallest absolute Gasteiger partial charge is 0.224 e. The van der Waals surface area contributed by atoms with Crippen LogP contribution in [-0.4, -0.2) is 38.3 Å². The third kappa shape index (κ3) is 3.48. The Hall–Kier alpha value is -1.53. The molecule has 2 atom stereocenters. The Morgan fingerprint density at radius 1 is 1.47 bits per heavy atom. The molecule has 1 aromatic carbocycles. The quantitative estimate of drug-likeness (QED) is 0.843. The molecule has 0 bridgehead atoms. The summed E-state index contributed by atoms with van der Waals surface area (Å²) in [6.45, 7) is 1.29. The SMILES string of the molecule is CO[C@H]1CNC[C@H]1NC(=O)Cc1ccc(F)cc1F. The van der Waals surface area contributed by atoms with Gasteiger partial charge in [-0.25, -0.2) is 8.78 Å². The minimum atomic E-state index is -0.706. The molecule has 1 saturated heterocycles. The van der Waals surface area contributed by atoms with Crippen LogP contribution in [0.1, 0.15) is 5.56 Å². The normalized spacial score (nSPS) is 22.5. The van der Waals surface area contributed by atoms with Gasteiger partial charge in [0.1, 0.15) is 11.6 Å². The van der Waals surface area contributed by atoms with Crippen molar-refractivity contribution in [3.63, 3.8) is 0 Å². The summed E-state index contributed by atoms with van der Waals surface area (Å²) in [4.78, 5) is 11.8. The van der Waals surface area contributed by atoms with E-state index in [-0.39, 0.29) is 30.0 Å². The number of hydrogen-bond acceptors (Lipinski definition) is 3. The lowest BCUT2D eigenvalue weighted by Crippen LogP contribution is -2.44. The summed E-state index contributed by atoms with van der Waals surface area (Å²) in [7, 11) is 1.58. The molecule has 0 saturated carbocycles. The maximum absolute atomic E-state index is 13.4. The molecular formula is C13H16F2N2O2. The fourth-order valence-corrected chi connectivity index (χ4v) is 2.14. The van der Waals surface area contributed by atoms with E-state index in [0.29, 0.717) is 13.1 Å². The fraction of sp³-hybridized carbons (Fsp3) is 0.462. The first-order chi connectivity index (χ1) is 9.10. The van der Waals surface area contributed by atoms with E-state index in [2.05, 4.69) is 10.6 Å². The van der Waals surface area contributed by atoms with E-state index < -0.39 is 11.6 Å². The number of carbonyl (C=O) groups is 1. The highest BCUT2D eigenvalue weighted by molar-refractivity contribution is 5.79. The van der Waals surface area contributed by atoms with Gasteiger partial charge in [-0.05, 0) is 11.6 Å². The van der Waals surface area contributed by atoms with E-state index in [9.17, 15) is 13.6 Å². The highest BCUT2D eigenvalue weighted by Crippen LogP contribution is 2.11. The van der Waals surface area contributed by atoms with E-state index in [1.54, 1.807) is 7.11 Å². The summed E-state index contributed by atoms with van der Waals surface area (Å²) in [5, 5.41) is 5.88. The summed E-state index contributed by atoms with van der Waals surface area (Å²) in [5.41, 5.74) is 0.179. The Balaban J connectivity index is 1.94. The first-order valence-electron chi connectivity index (χ1n) is 6.07. The number of methoxy groups -OCH3 is 1. The topological polar surface area (TPSA) is 50.4 Å². The van der Waals surface area contributed by atoms with E-state index in [1.165, 1.54) is 6.07 Å². The van der Waals surface area contributed by atoms with Crippen LogP contribution in [0.3, 0.4) is 0 Å². The minimum absolute atomic E-state index is 0.0815. The van der Waals surface area contributed by atoms with Crippen LogP contribution in [0.5, 0.6) is 0 Å². The Morgan fingerprint density at radius 2 is 2.26 bits per heavy atom. The van der Waals surface area contributed by atoms with Gasteiger partial charge in [-0.15, -0.1) is 0 Å². The van der Waals surface area contributed by atoms with Gasteiger partial charge in [-0.2, -0.15) is 0 Å². The van der Waals surface area contributed by atoms with Crippen molar-refractivity contribution in [3.8, 4) is 0 Å². The van der Waals surface area contributed by atoms with Gasteiger partial charge in [0.25, 0.3) is 0 Å². The van der Waals surface area contributed by atoms with Gasteiger partial charge in [0.15, 0.2) is 0 Å². The van der Waals surface area contributed by atoms with Crippen molar-refractivity contribution in [2.24, 2.45) is 0 Å². The summed E-state index contributed by atoms with van der Waals surface area (Å²) in [6, 6.07) is 3.07. The number of rotatable bonds is 4. The van der Waals surface area contributed by atoms with Crippen LogP contribution in [0.15, 0.2) is 18.2 Å². The van der Waals surface area contributed by atoms with Crippen molar-refractivity contribution in [1.29, 1.82) is 0 Å². The summed E-state index contributed by atoms with van der Waals surface area (Å²) in [6.07, 6.45) is -0.194. The Kier molecular flexibility index (Phi) is 4.44. The summed E-state index contributed by atoms with van der Waals surface area (Å²) in [5.74, 6) is -1.66. The molecule has 1 aliphatic rings. The number of amides is 1. The van der Waals surface area contributed by atoms with E-state index in [1.807, 2.05) is 0 Å². The number of benzene rings is 1. The predicted octanol–water partition coefficient (Wildman–Crippen LogP) is 0.610. The molecular weight excluding hydrogens is 254 g/mol. The van der Waals surface area contributed by atoms with Gasteiger partial charge < -0.3 is 15.4 Å². The number of halogens is 2. The van der Waals surface area contributed by atoms with Crippen LogP contribution in [0, 0.1) is 11.6 Å². The molecule has 0 aromatic heterocycles. The molecule has 1 aliphatic heterocycles. The molecule has 6 heteroatoms. The largest absolute Gasteiger partial charge is 0.378 e. The standard InChI is InChI=1S/C13H16F2N2O2/c1-19-12-7-16-6-11(12)17-13(18)4-8-2-3-9(14)5-10(8)15/h2-3,5,11-12,16H,4,6-7H2,1H3,(H,17,18)/t11-,12+/m1/s1. The monoisotopic (exact) mass is 270 g/mol. The van der Waals surface area contributed by atoms with Crippen molar-refractivity contribution in [2.75, 3.05) is 20.2 Å². The maximum Gasteiger partial charge on any atom is 0.224 e. The van der Waals surface area contributed by atoms with Crippen LogP contribution in [0.4, 0.5) is 8.78 Å². The first-order valence-corrected chi connectivity index (χ1v) is 6.07. The zero-order chi connectivity index (χ0) is 13.8. The summed E-state index contributed by atoms with van der Waals surface area (Å²) >= 11 is 0. The van der Waals surface area contributed by atoms with Gasteiger partial charge in [0.2, 0.25) is 5.91 Å². The van der Waals surface area contributed by atoms with Gasteiger partial charge in [0.05, 0.1) is 18.6 Å². The minimum Gasteiger partial charge on any atom is -0.378 e. The average molecular weight is 270 g/mol. The molecule has 1 fully saturated rings. The van der Waals surface area contributed by atoms with Crippen LogP contribution < -0.4 is 10.6 Å². The number of hydrogen-bond donors (Lipinski definition) is 2. The second-order valence-corrected chi connectivity index (χ2v) is 4.52. The van der Waals surface area contributed by atoms with Crippen molar-refractivity contribution in [2.45, 2.75) is 18.6 Å². The second-order valence-electron chi connectivity index (χ2n) is 4.52. The maximum atomic E-state index is 13.4. The molecule has 1 aromatic rings. The third-order valence-electron chi connectivity index (χ3n) is 3.17. The molecule has 0 spiro atoms. The molecule has 4 nitrogen and oxygen atoms in total. The highest BCUT2D eigenvalue weighted by Gasteiger charge is 2.28. The molecule has 0 radical (unpaired) electrons. The Labute approximate surface area is 110 Å². The lowest BCUT2D eigenvalue weighted by Gasteiger charge is -2.18. The van der Waals surface area contributed by atoms with Gasteiger partial charge in [-0.1, -0.05) is 6.07 Å². The lowest BCUT2D eigenvalue weighted by atomic mass is 10.1. The molecule has 0 unspecified atom stereocenters. The van der Waals surface area contributed by atoms with Crippen molar-refractivity contribution in [3.05, 3.63) is 35.4 Å². The van der Waals surface area contributed by atoms with Crippen LogP contribution >= 0.6 is 0 Å². The van der Waals surface area contributed by atoms with Crippen molar-refractivity contribution in [1.82, 2.24) is 10.6 Å². The molecule has 104 valence electrons.